The largest absolute Gasteiger partial charge is 0.395 e. The maximum absolute atomic E-state index is 12.1. The Bertz CT molecular complexity index is 290. The summed E-state index contributed by atoms with van der Waals surface area (Å²) >= 11 is 0. The molecule has 0 atom stereocenters. The van der Waals surface area contributed by atoms with E-state index in [0.717, 1.165) is 44.3 Å². The van der Waals surface area contributed by atoms with E-state index in [1.165, 1.54) is 0 Å². The van der Waals surface area contributed by atoms with Gasteiger partial charge in [0.05, 0.1) is 13.2 Å². The number of unbranched alkanes of at least 4 members (excludes halogenated alkanes) is 1. The van der Waals surface area contributed by atoms with Crippen LogP contribution in [0.25, 0.3) is 0 Å². The molecule has 0 saturated carbocycles. The van der Waals surface area contributed by atoms with Crippen LogP contribution in [0.5, 0.6) is 0 Å². The van der Waals surface area contributed by atoms with Crippen molar-refractivity contribution in [1.29, 1.82) is 0 Å². The van der Waals surface area contributed by atoms with Gasteiger partial charge in [-0.3, -0.25) is 9.69 Å². The number of nitrogens with zero attached hydrogens (tertiary/aromatic N) is 2. The van der Waals surface area contributed by atoms with E-state index in [-0.39, 0.29) is 12.5 Å². The van der Waals surface area contributed by atoms with E-state index >= 15 is 0 Å². The molecule has 1 aliphatic carbocycles. The van der Waals surface area contributed by atoms with Crippen LogP contribution >= 0.6 is 0 Å². The fraction of sp³-hybridized carbons (Fsp3) is 0.786. The summed E-state index contributed by atoms with van der Waals surface area (Å²) in [7, 11) is 1.86. The van der Waals surface area contributed by atoms with Crippen LogP contribution in [0, 0.1) is 0 Å². The van der Waals surface area contributed by atoms with Gasteiger partial charge in [-0.2, -0.15) is 0 Å². The third-order valence-electron chi connectivity index (χ3n) is 3.42. The van der Waals surface area contributed by atoms with E-state index in [2.05, 4.69) is 13.0 Å². The van der Waals surface area contributed by atoms with Crippen LogP contribution in [0.15, 0.2) is 11.8 Å². The Kier molecular flexibility index (Phi) is 6.98. The molecule has 1 aliphatic rings. The van der Waals surface area contributed by atoms with Crippen LogP contribution in [-0.2, 0) is 4.79 Å². The second kappa shape index (κ2) is 8.27. The van der Waals surface area contributed by atoms with Crippen molar-refractivity contribution < 1.29 is 9.90 Å². The quantitative estimate of drug-likeness (QED) is 0.715. The number of amides is 1. The van der Waals surface area contributed by atoms with Crippen molar-refractivity contribution >= 4 is 5.91 Å². The lowest BCUT2D eigenvalue weighted by Crippen LogP contribution is -2.39. The van der Waals surface area contributed by atoms with Gasteiger partial charge in [-0.15, -0.1) is 0 Å². The van der Waals surface area contributed by atoms with Crippen molar-refractivity contribution in [3.05, 3.63) is 11.8 Å². The van der Waals surface area contributed by atoms with Gasteiger partial charge < -0.3 is 10.0 Å². The van der Waals surface area contributed by atoms with E-state index in [9.17, 15) is 4.79 Å². The number of likely N-dealkylation sites (N-methyl/N-ethyl adjacent to an activating group) is 1. The molecule has 1 amide bonds. The predicted octanol–water partition coefficient (Wildman–Crippen LogP) is 1.61. The van der Waals surface area contributed by atoms with Crippen molar-refractivity contribution in [3.63, 3.8) is 0 Å². The number of carbonyl (C=O) groups excluding carboxylic acids is 1. The van der Waals surface area contributed by atoms with E-state index in [1.807, 2.05) is 11.9 Å². The minimum absolute atomic E-state index is 0.114. The first kappa shape index (κ1) is 15.2. The van der Waals surface area contributed by atoms with Gasteiger partial charge in [0.2, 0.25) is 5.91 Å². The summed E-state index contributed by atoms with van der Waals surface area (Å²) in [5, 5.41) is 9.02. The number of hydrogen-bond donors (Lipinski definition) is 1. The van der Waals surface area contributed by atoms with Gasteiger partial charge >= 0.3 is 0 Å². The lowest BCUT2D eigenvalue weighted by atomic mass is 10.3. The Balaban J connectivity index is 2.43. The molecule has 18 heavy (non-hydrogen) atoms. The van der Waals surface area contributed by atoms with Crippen LogP contribution in [0.1, 0.15) is 39.0 Å². The zero-order chi connectivity index (χ0) is 13.4. The van der Waals surface area contributed by atoms with Gasteiger partial charge in [0.1, 0.15) is 0 Å². The maximum Gasteiger partial charge on any atom is 0.240 e. The molecule has 1 rings (SSSR count). The number of carbonyl (C=O) groups is 1. The number of aliphatic hydroxyl groups is 1. The zero-order valence-corrected chi connectivity index (χ0v) is 11.7. The molecule has 4 nitrogen and oxygen atoms in total. The average molecular weight is 254 g/mol. The van der Waals surface area contributed by atoms with Crippen LogP contribution in [-0.4, -0.2) is 54.1 Å². The van der Waals surface area contributed by atoms with Crippen LogP contribution in [0.2, 0.25) is 0 Å². The summed E-state index contributed by atoms with van der Waals surface area (Å²) in [6.07, 6.45) is 7.58. The minimum atomic E-state index is 0.114. The van der Waals surface area contributed by atoms with Crippen molar-refractivity contribution in [2.24, 2.45) is 0 Å². The SMILES string of the molecule is CCCCN(CCO)CC(=O)N(C)C1=CCCC1. The summed E-state index contributed by atoms with van der Waals surface area (Å²) in [4.78, 5) is 16.0. The highest BCUT2D eigenvalue weighted by atomic mass is 16.3. The molecular formula is C14H26N2O2. The third kappa shape index (κ3) is 4.78. The molecule has 104 valence electrons. The summed E-state index contributed by atoms with van der Waals surface area (Å²) in [5.41, 5.74) is 1.15. The highest BCUT2D eigenvalue weighted by molar-refractivity contribution is 5.79. The lowest BCUT2D eigenvalue weighted by Gasteiger charge is -2.25. The van der Waals surface area contributed by atoms with Crippen molar-refractivity contribution in [3.8, 4) is 0 Å². The number of aliphatic hydroxyl groups excluding tert-OH is 1. The second-order valence-corrected chi connectivity index (χ2v) is 4.89. The molecule has 0 heterocycles. The summed E-state index contributed by atoms with van der Waals surface area (Å²) < 4.78 is 0. The Morgan fingerprint density at radius 3 is 2.78 bits per heavy atom. The van der Waals surface area contributed by atoms with Crippen molar-refractivity contribution in [2.45, 2.75) is 39.0 Å². The number of rotatable bonds is 8. The first-order chi connectivity index (χ1) is 8.69. The topological polar surface area (TPSA) is 43.8 Å². The van der Waals surface area contributed by atoms with Gasteiger partial charge in [0, 0.05) is 19.3 Å². The summed E-state index contributed by atoms with van der Waals surface area (Å²) in [6.45, 7) is 4.13. The molecule has 0 bridgehead atoms. The molecule has 0 aliphatic heterocycles. The van der Waals surface area contributed by atoms with Gasteiger partial charge in [-0.05, 0) is 32.2 Å². The van der Waals surface area contributed by atoms with E-state index < -0.39 is 0 Å². The Morgan fingerprint density at radius 2 is 2.22 bits per heavy atom. The predicted molar refractivity (Wildman–Crippen MR) is 73.1 cm³/mol. The maximum atomic E-state index is 12.1. The molecule has 0 aromatic heterocycles. The standard InChI is InChI=1S/C14H26N2O2/c1-3-4-9-16(10-11-17)12-14(18)15(2)13-7-5-6-8-13/h7,17H,3-6,8-12H2,1-2H3. The van der Waals surface area contributed by atoms with Crippen molar-refractivity contribution in [2.75, 3.05) is 33.3 Å². The van der Waals surface area contributed by atoms with E-state index in [4.69, 9.17) is 5.11 Å². The van der Waals surface area contributed by atoms with Gasteiger partial charge in [0.15, 0.2) is 0 Å². The van der Waals surface area contributed by atoms with Gasteiger partial charge in [0.25, 0.3) is 0 Å². The smallest absolute Gasteiger partial charge is 0.240 e. The fourth-order valence-electron chi connectivity index (χ4n) is 2.21. The molecule has 0 unspecified atom stereocenters. The summed E-state index contributed by atoms with van der Waals surface area (Å²) in [6, 6.07) is 0. The summed E-state index contributed by atoms with van der Waals surface area (Å²) in [5.74, 6) is 0.132. The van der Waals surface area contributed by atoms with Gasteiger partial charge in [-0.1, -0.05) is 19.4 Å². The van der Waals surface area contributed by atoms with Crippen LogP contribution in [0.3, 0.4) is 0 Å². The molecule has 1 N–H and O–H groups in total. The highest BCUT2D eigenvalue weighted by Gasteiger charge is 2.18. The molecule has 0 aromatic carbocycles. The average Bonchev–Trinajstić information content (AvgIpc) is 2.89. The minimum Gasteiger partial charge on any atom is -0.395 e. The lowest BCUT2D eigenvalue weighted by molar-refractivity contribution is -0.129. The van der Waals surface area contributed by atoms with Crippen LogP contribution in [0.4, 0.5) is 0 Å². The fourth-order valence-corrected chi connectivity index (χ4v) is 2.21. The van der Waals surface area contributed by atoms with E-state index in [0.29, 0.717) is 13.1 Å². The zero-order valence-electron chi connectivity index (χ0n) is 11.7. The second-order valence-electron chi connectivity index (χ2n) is 4.89. The highest BCUT2D eigenvalue weighted by Crippen LogP contribution is 2.20. The molecule has 4 heteroatoms. The van der Waals surface area contributed by atoms with Gasteiger partial charge in [-0.25, -0.2) is 0 Å². The molecule has 0 aromatic rings. The molecule has 0 spiro atoms. The first-order valence-corrected chi connectivity index (χ1v) is 6.97. The Labute approximate surface area is 110 Å². The third-order valence-corrected chi connectivity index (χ3v) is 3.42. The number of hydrogen-bond acceptors (Lipinski definition) is 3. The van der Waals surface area contributed by atoms with E-state index in [1.54, 1.807) is 4.90 Å². The Hall–Kier alpha value is -0.870. The molecule has 0 radical (unpaired) electrons. The van der Waals surface area contributed by atoms with Crippen LogP contribution < -0.4 is 0 Å². The Morgan fingerprint density at radius 1 is 1.44 bits per heavy atom. The molecular weight excluding hydrogens is 228 g/mol. The first-order valence-electron chi connectivity index (χ1n) is 6.97. The molecule has 0 saturated heterocycles. The monoisotopic (exact) mass is 254 g/mol. The molecule has 0 fully saturated rings. The number of allylic oxidation sites excluding steroid dienone is 2. The normalized spacial score (nSPS) is 15.0. The van der Waals surface area contributed by atoms with Crippen molar-refractivity contribution in [1.82, 2.24) is 9.80 Å².